The summed E-state index contributed by atoms with van der Waals surface area (Å²) in [5, 5.41) is 0. The molecule has 0 unspecified atom stereocenters. The van der Waals surface area contributed by atoms with Crippen molar-refractivity contribution < 1.29 is 0 Å². The summed E-state index contributed by atoms with van der Waals surface area (Å²) < 4.78 is 0. The zero-order chi connectivity index (χ0) is 15.3. The van der Waals surface area contributed by atoms with Gasteiger partial charge in [0.15, 0.2) is 0 Å². The predicted octanol–water partition coefficient (Wildman–Crippen LogP) is 4.45. The van der Waals surface area contributed by atoms with Gasteiger partial charge in [0.1, 0.15) is 0 Å². The highest BCUT2D eigenvalue weighted by molar-refractivity contribution is 5.43. The van der Waals surface area contributed by atoms with E-state index in [-0.39, 0.29) is 5.41 Å². The fourth-order valence-electron chi connectivity index (χ4n) is 3.60. The Morgan fingerprint density at radius 2 is 2.10 bits per heavy atom. The second-order valence-corrected chi connectivity index (χ2v) is 7.06. The lowest BCUT2D eigenvalue weighted by Gasteiger charge is -2.45. The first-order valence-electron chi connectivity index (χ1n) is 8.64. The van der Waals surface area contributed by atoms with Crippen LogP contribution in [0, 0.1) is 5.92 Å². The van der Waals surface area contributed by atoms with Crippen molar-refractivity contribution in [3.05, 3.63) is 29.8 Å². The van der Waals surface area contributed by atoms with E-state index in [0.717, 1.165) is 5.69 Å². The number of anilines is 1. The normalized spacial score (nSPS) is 26.9. The molecule has 1 aliphatic rings. The van der Waals surface area contributed by atoms with E-state index in [0.29, 0.717) is 5.92 Å². The van der Waals surface area contributed by atoms with Crippen molar-refractivity contribution in [2.24, 2.45) is 5.92 Å². The van der Waals surface area contributed by atoms with Gasteiger partial charge in [-0.05, 0) is 55.0 Å². The second-order valence-electron chi connectivity index (χ2n) is 7.06. The molecule has 1 aliphatic heterocycles. The van der Waals surface area contributed by atoms with Crippen molar-refractivity contribution >= 4 is 5.69 Å². The maximum Gasteiger partial charge on any atom is 0.0316 e. The summed E-state index contributed by atoms with van der Waals surface area (Å²) in [6.45, 7) is 10.8. The summed E-state index contributed by atoms with van der Waals surface area (Å²) in [5.41, 5.74) is 8.56. The van der Waals surface area contributed by atoms with Crippen LogP contribution in [0.1, 0.15) is 58.4 Å². The molecule has 2 nitrogen and oxygen atoms in total. The molecule has 2 atom stereocenters. The lowest BCUT2D eigenvalue weighted by atomic mass is 9.68. The lowest BCUT2D eigenvalue weighted by molar-refractivity contribution is 0.109. The molecule has 0 aromatic heterocycles. The summed E-state index contributed by atoms with van der Waals surface area (Å²) in [6.07, 6.45) is 6.68. The van der Waals surface area contributed by atoms with E-state index in [2.05, 4.69) is 43.9 Å². The van der Waals surface area contributed by atoms with E-state index in [4.69, 9.17) is 5.73 Å². The van der Waals surface area contributed by atoms with Crippen molar-refractivity contribution in [2.75, 3.05) is 25.4 Å². The van der Waals surface area contributed by atoms with Gasteiger partial charge >= 0.3 is 0 Å². The van der Waals surface area contributed by atoms with Crippen LogP contribution in [0.5, 0.6) is 0 Å². The number of nitrogen functional groups attached to an aromatic ring is 1. The molecule has 2 N–H and O–H groups in total. The minimum absolute atomic E-state index is 0.273. The van der Waals surface area contributed by atoms with E-state index in [1.807, 2.05) is 6.07 Å². The Labute approximate surface area is 130 Å². The highest BCUT2D eigenvalue weighted by atomic mass is 15.1. The number of hydrogen-bond donors (Lipinski definition) is 1. The molecule has 2 rings (SSSR count). The number of hydrogen-bond acceptors (Lipinski definition) is 2. The molecule has 0 saturated carbocycles. The minimum Gasteiger partial charge on any atom is -0.399 e. The van der Waals surface area contributed by atoms with Gasteiger partial charge in [0.25, 0.3) is 0 Å². The van der Waals surface area contributed by atoms with Crippen molar-refractivity contribution in [2.45, 2.75) is 58.3 Å². The first-order chi connectivity index (χ1) is 10.1. The van der Waals surface area contributed by atoms with Crippen LogP contribution >= 0.6 is 0 Å². The van der Waals surface area contributed by atoms with Gasteiger partial charge in [-0.3, -0.25) is 0 Å². The third-order valence-electron chi connectivity index (χ3n) is 5.44. The predicted molar refractivity (Wildman–Crippen MR) is 92.6 cm³/mol. The van der Waals surface area contributed by atoms with Gasteiger partial charge in [0, 0.05) is 12.2 Å². The maximum absolute atomic E-state index is 5.98. The third-order valence-corrected chi connectivity index (χ3v) is 5.44. The fraction of sp³-hybridized carbons (Fsp3) is 0.684. The number of nitrogens with two attached hydrogens (primary N) is 1. The zero-order valence-corrected chi connectivity index (χ0v) is 14.1. The smallest absolute Gasteiger partial charge is 0.0316 e. The summed E-state index contributed by atoms with van der Waals surface area (Å²) in [4.78, 5) is 2.66. The molecule has 0 spiro atoms. The zero-order valence-electron chi connectivity index (χ0n) is 14.1. The summed E-state index contributed by atoms with van der Waals surface area (Å²) in [6, 6.07) is 8.51. The van der Waals surface area contributed by atoms with Crippen LogP contribution < -0.4 is 5.73 Å². The number of likely N-dealkylation sites (tertiary alicyclic amines) is 1. The van der Waals surface area contributed by atoms with Crippen LogP contribution in [0.3, 0.4) is 0 Å². The molecule has 0 radical (unpaired) electrons. The Kier molecular flexibility index (Phi) is 5.69. The van der Waals surface area contributed by atoms with E-state index in [1.165, 1.54) is 57.3 Å². The van der Waals surface area contributed by atoms with Crippen molar-refractivity contribution in [1.29, 1.82) is 0 Å². The summed E-state index contributed by atoms with van der Waals surface area (Å²) >= 11 is 0. The van der Waals surface area contributed by atoms with E-state index < -0.39 is 0 Å². The molecule has 1 aromatic carbocycles. The second kappa shape index (κ2) is 7.31. The van der Waals surface area contributed by atoms with Gasteiger partial charge in [0.2, 0.25) is 0 Å². The Bertz CT molecular complexity index is 443. The number of nitrogens with zero attached hydrogens (tertiary/aromatic N) is 1. The molecule has 1 saturated heterocycles. The highest BCUT2D eigenvalue weighted by Crippen LogP contribution is 2.39. The number of piperidine rings is 1. The van der Waals surface area contributed by atoms with Gasteiger partial charge in [-0.2, -0.15) is 0 Å². The van der Waals surface area contributed by atoms with Crippen molar-refractivity contribution in [1.82, 2.24) is 4.90 Å². The fourth-order valence-corrected chi connectivity index (χ4v) is 3.60. The Morgan fingerprint density at radius 1 is 1.29 bits per heavy atom. The average molecular weight is 288 g/mol. The molecule has 1 heterocycles. The number of unbranched alkanes of at least 4 members (excludes halogenated alkanes) is 3. The Morgan fingerprint density at radius 3 is 2.76 bits per heavy atom. The van der Waals surface area contributed by atoms with Gasteiger partial charge in [0.05, 0.1) is 0 Å². The summed E-state index contributed by atoms with van der Waals surface area (Å²) in [7, 11) is 0. The van der Waals surface area contributed by atoms with Crippen LogP contribution in [0.25, 0.3) is 0 Å². The molecule has 21 heavy (non-hydrogen) atoms. The van der Waals surface area contributed by atoms with E-state index in [1.54, 1.807) is 0 Å². The highest BCUT2D eigenvalue weighted by Gasteiger charge is 2.37. The molecule has 0 amide bonds. The van der Waals surface area contributed by atoms with Crippen LogP contribution in [-0.2, 0) is 5.41 Å². The van der Waals surface area contributed by atoms with Gasteiger partial charge in [-0.15, -0.1) is 0 Å². The van der Waals surface area contributed by atoms with Gasteiger partial charge in [-0.25, -0.2) is 0 Å². The minimum atomic E-state index is 0.273. The van der Waals surface area contributed by atoms with Crippen LogP contribution in [-0.4, -0.2) is 24.5 Å². The quantitative estimate of drug-likeness (QED) is 0.619. The van der Waals surface area contributed by atoms with Crippen molar-refractivity contribution in [3.63, 3.8) is 0 Å². The van der Waals surface area contributed by atoms with Crippen LogP contribution in [0.4, 0.5) is 5.69 Å². The first-order valence-corrected chi connectivity index (χ1v) is 8.64. The lowest BCUT2D eigenvalue weighted by Crippen LogP contribution is -2.47. The molecular weight excluding hydrogens is 256 g/mol. The number of rotatable bonds is 6. The molecular formula is C19H32N2. The largest absolute Gasteiger partial charge is 0.399 e. The average Bonchev–Trinajstić information content (AvgIpc) is 2.47. The van der Waals surface area contributed by atoms with Gasteiger partial charge < -0.3 is 10.6 Å². The standard InChI is InChI=1S/C19H32N2/c1-4-5-6-7-12-21-13-11-19(3,16(2)15-21)17-9-8-10-18(20)14-17/h8-10,14,16H,4-7,11-13,15,20H2,1-3H3/t16-,19-/m0/s1. The van der Waals surface area contributed by atoms with Crippen LogP contribution in [0.15, 0.2) is 24.3 Å². The van der Waals surface area contributed by atoms with E-state index in [9.17, 15) is 0 Å². The Balaban J connectivity index is 1.94. The molecule has 0 bridgehead atoms. The molecule has 118 valence electrons. The van der Waals surface area contributed by atoms with Crippen LogP contribution in [0.2, 0.25) is 0 Å². The molecule has 1 fully saturated rings. The molecule has 2 heteroatoms. The SMILES string of the molecule is CCCCCCN1CC[C@](C)(c2cccc(N)c2)[C@@H](C)C1. The van der Waals surface area contributed by atoms with E-state index >= 15 is 0 Å². The summed E-state index contributed by atoms with van der Waals surface area (Å²) in [5.74, 6) is 0.680. The maximum atomic E-state index is 5.98. The van der Waals surface area contributed by atoms with Crippen molar-refractivity contribution in [3.8, 4) is 0 Å². The Hall–Kier alpha value is -1.02. The molecule has 0 aliphatic carbocycles. The first kappa shape index (κ1) is 16.4. The monoisotopic (exact) mass is 288 g/mol. The molecule has 1 aromatic rings. The van der Waals surface area contributed by atoms with Gasteiger partial charge in [-0.1, -0.05) is 52.2 Å². The topological polar surface area (TPSA) is 29.3 Å². The number of benzene rings is 1. The third kappa shape index (κ3) is 4.00.